The van der Waals surface area contributed by atoms with Gasteiger partial charge in [0, 0.05) is 24.9 Å². The van der Waals surface area contributed by atoms with Gasteiger partial charge in [-0.25, -0.2) is 0 Å². The molecule has 0 aromatic rings. The van der Waals surface area contributed by atoms with Crippen LogP contribution in [0.1, 0.15) is 32.1 Å². The quantitative estimate of drug-likeness (QED) is 0.727. The Morgan fingerprint density at radius 2 is 1.87 bits per heavy atom. The second-order valence-corrected chi connectivity index (χ2v) is 4.45. The molecule has 0 radical (unpaired) electrons. The number of alkyl halides is 3. The molecule has 1 unspecified atom stereocenters. The van der Waals surface area contributed by atoms with Crippen LogP contribution < -0.4 is 0 Å². The molecule has 2 nitrogen and oxygen atoms in total. The Morgan fingerprint density at radius 1 is 1.20 bits per heavy atom. The molecule has 2 aliphatic rings. The van der Waals surface area contributed by atoms with E-state index in [0.29, 0.717) is 19.3 Å². The van der Waals surface area contributed by atoms with Crippen LogP contribution >= 0.6 is 0 Å². The molecule has 0 spiro atoms. The predicted molar refractivity (Wildman–Crippen MR) is 48.4 cm³/mol. The monoisotopic (exact) mass is 221 g/mol. The van der Waals surface area contributed by atoms with Gasteiger partial charge in [0.15, 0.2) is 0 Å². The fourth-order valence-corrected chi connectivity index (χ4v) is 2.25. The van der Waals surface area contributed by atoms with Crippen LogP contribution in [0, 0.1) is 0 Å². The van der Waals surface area contributed by atoms with Gasteiger partial charge >= 0.3 is 6.18 Å². The maximum atomic E-state index is 12.3. The van der Waals surface area contributed by atoms with E-state index in [1.807, 2.05) is 0 Å². The highest BCUT2D eigenvalue weighted by Gasteiger charge is 2.43. The van der Waals surface area contributed by atoms with Crippen molar-refractivity contribution in [3.05, 3.63) is 0 Å². The lowest BCUT2D eigenvalue weighted by Gasteiger charge is -2.28. The van der Waals surface area contributed by atoms with E-state index < -0.39 is 12.7 Å². The highest BCUT2D eigenvalue weighted by Crippen LogP contribution is 2.35. The minimum Gasteiger partial charge on any atom is -0.300 e. The fourth-order valence-electron chi connectivity index (χ4n) is 2.25. The molecule has 0 saturated heterocycles. The van der Waals surface area contributed by atoms with E-state index in [1.54, 1.807) is 0 Å². The Hall–Kier alpha value is -0.580. The third-order valence-electron chi connectivity index (χ3n) is 3.07. The van der Waals surface area contributed by atoms with E-state index >= 15 is 0 Å². The van der Waals surface area contributed by atoms with Gasteiger partial charge in [0.25, 0.3) is 0 Å². The highest BCUT2D eigenvalue weighted by atomic mass is 19.4. The Bertz CT molecular complexity index is 260. The number of carbonyl (C=O) groups is 1. The fraction of sp³-hybridized carbons (Fsp3) is 0.900. The van der Waals surface area contributed by atoms with Crippen molar-refractivity contribution in [1.82, 2.24) is 4.90 Å². The number of hydrogen-bond acceptors (Lipinski definition) is 2. The topological polar surface area (TPSA) is 20.3 Å². The maximum Gasteiger partial charge on any atom is 0.401 e. The van der Waals surface area contributed by atoms with Gasteiger partial charge in [-0.3, -0.25) is 9.69 Å². The summed E-state index contributed by atoms with van der Waals surface area (Å²) in [5.74, 6) is 0.104. The first-order chi connectivity index (χ1) is 6.96. The summed E-state index contributed by atoms with van der Waals surface area (Å²) in [6, 6.07) is -0.0888. The summed E-state index contributed by atoms with van der Waals surface area (Å²) in [5, 5.41) is 0. The Morgan fingerprint density at radius 3 is 2.27 bits per heavy atom. The minimum atomic E-state index is -4.14. The van der Waals surface area contributed by atoms with Crippen LogP contribution in [0.4, 0.5) is 13.2 Å². The van der Waals surface area contributed by atoms with Crippen molar-refractivity contribution in [2.24, 2.45) is 0 Å². The van der Waals surface area contributed by atoms with E-state index in [1.165, 1.54) is 4.90 Å². The molecule has 0 aromatic carbocycles. The first-order valence-corrected chi connectivity index (χ1v) is 5.30. The number of rotatable bonds is 3. The minimum absolute atomic E-state index is 0.0718. The van der Waals surface area contributed by atoms with Crippen molar-refractivity contribution < 1.29 is 18.0 Å². The molecule has 2 fully saturated rings. The van der Waals surface area contributed by atoms with Crippen LogP contribution in [0.15, 0.2) is 0 Å². The smallest absolute Gasteiger partial charge is 0.300 e. The summed E-state index contributed by atoms with van der Waals surface area (Å²) in [4.78, 5) is 12.5. The third-order valence-corrected chi connectivity index (χ3v) is 3.07. The normalized spacial score (nSPS) is 27.7. The van der Waals surface area contributed by atoms with Crippen LogP contribution in [0.3, 0.4) is 0 Å². The second-order valence-electron chi connectivity index (χ2n) is 4.45. The zero-order valence-corrected chi connectivity index (χ0v) is 8.39. The molecule has 15 heavy (non-hydrogen) atoms. The molecule has 5 heteroatoms. The summed E-state index contributed by atoms with van der Waals surface area (Å²) < 4.78 is 37.0. The van der Waals surface area contributed by atoms with Crippen LogP contribution in [0.5, 0.6) is 0 Å². The third kappa shape index (κ3) is 2.93. The first kappa shape index (κ1) is 10.9. The van der Waals surface area contributed by atoms with Crippen LogP contribution in [-0.2, 0) is 4.79 Å². The van der Waals surface area contributed by atoms with Gasteiger partial charge in [-0.05, 0) is 19.3 Å². The summed E-state index contributed by atoms with van der Waals surface area (Å²) >= 11 is 0. The molecule has 0 amide bonds. The van der Waals surface area contributed by atoms with Gasteiger partial charge < -0.3 is 0 Å². The molecular weight excluding hydrogens is 207 g/mol. The number of nitrogens with zero attached hydrogens (tertiary/aromatic N) is 1. The van der Waals surface area contributed by atoms with Crippen LogP contribution in [-0.4, -0.2) is 35.5 Å². The average Bonchev–Trinajstić information content (AvgIpc) is 2.84. The van der Waals surface area contributed by atoms with E-state index in [9.17, 15) is 18.0 Å². The molecule has 2 aliphatic carbocycles. The molecule has 0 heterocycles. The van der Waals surface area contributed by atoms with Gasteiger partial charge in [0.05, 0.1) is 6.54 Å². The molecule has 2 saturated carbocycles. The Balaban J connectivity index is 1.97. The number of carbonyl (C=O) groups excluding carboxylic acids is 1. The Kier molecular flexibility index (Phi) is 2.75. The summed E-state index contributed by atoms with van der Waals surface area (Å²) in [6.45, 7) is -0.852. The van der Waals surface area contributed by atoms with Gasteiger partial charge in [-0.1, -0.05) is 0 Å². The molecule has 0 bridgehead atoms. The standard InChI is InChI=1S/C10H14F3NO/c11-10(12,13)6-14(7-1-2-7)8-3-4-9(15)5-8/h7-8H,1-6H2. The van der Waals surface area contributed by atoms with Gasteiger partial charge in [-0.15, -0.1) is 0 Å². The zero-order chi connectivity index (χ0) is 11.1. The summed E-state index contributed by atoms with van der Waals surface area (Å²) in [5.41, 5.74) is 0. The molecule has 0 N–H and O–H groups in total. The van der Waals surface area contributed by atoms with Crippen molar-refractivity contribution in [3.8, 4) is 0 Å². The van der Waals surface area contributed by atoms with Gasteiger partial charge in [0.2, 0.25) is 0 Å². The first-order valence-electron chi connectivity index (χ1n) is 5.30. The van der Waals surface area contributed by atoms with E-state index in [4.69, 9.17) is 0 Å². The van der Waals surface area contributed by atoms with Crippen molar-refractivity contribution in [2.45, 2.75) is 50.4 Å². The summed E-state index contributed by atoms with van der Waals surface area (Å²) in [6.07, 6.45) is -1.08. The number of Topliss-reactive ketones (excluding diaryl/α,β-unsaturated/α-hetero) is 1. The zero-order valence-electron chi connectivity index (χ0n) is 8.39. The lowest BCUT2D eigenvalue weighted by atomic mass is 10.2. The average molecular weight is 221 g/mol. The number of ketones is 1. The number of halogens is 3. The van der Waals surface area contributed by atoms with Crippen molar-refractivity contribution in [1.29, 1.82) is 0 Å². The number of hydrogen-bond donors (Lipinski definition) is 0. The van der Waals surface area contributed by atoms with E-state index in [2.05, 4.69) is 0 Å². The lowest BCUT2D eigenvalue weighted by molar-refractivity contribution is -0.152. The largest absolute Gasteiger partial charge is 0.401 e. The SMILES string of the molecule is O=C1CCC(N(CC(F)(F)F)C2CC2)C1. The maximum absolute atomic E-state index is 12.3. The van der Waals surface area contributed by atoms with Crippen molar-refractivity contribution in [3.63, 3.8) is 0 Å². The molecule has 86 valence electrons. The van der Waals surface area contributed by atoms with E-state index in [-0.39, 0.29) is 17.9 Å². The van der Waals surface area contributed by atoms with Gasteiger partial charge in [-0.2, -0.15) is 13.2 Å². The molecule has 0 aliphatic heterocycles. The van der Waals surface area contributed by atoms with Gasteiger partial charge in [0.1, 0.15) is 5.78 Å². The lowest BCUT2D eigenvalue weighted by Crippen LogP contribution is -2.42. The molecule has 2 rings (SSSR count). The Labute approximate surface area is 86.4 Å². The van der Waals surface area contributed by atoms with E-state index in [0.717, 1.165) is 12.8 Å². The van der Waals surface area contributed by atoms with Crippen LogP contribution in [0.25, 0.3) is 0 Å². The second kappa shape index (κ2) is 3.77. The molecular formula is C10H14F3NO. The molecule has 0 aromatic heterocycles. The molecule has 1 atom stereocenters. The summed E-state index contributed by atoms with van der Waals surface area (Å²) in [7, 11) is 0. The predicted octanol–water partition coefficient (Wildman–Crippen LogP) is 2.13. The van der Waals surface area contributed by atoms with Crippen LogP contribution in [0.2, 0.25) is 0 Å². The van der Waals surface area contributed by atoms with Crippen molar-refractivity contribution in [2.75, 3.05) is 6.54 Å². The highest BCUT2D eigenvalue weighted by molar-refractivity contribution is 5.81. The van der Waals surface area contributed by atoms with Crippen molar-refractivity contribution >= 4 is 5.78 Å².